The minimum atomic E-state index is -0.105. The van der Waals surface area contributed by atoms with Crippen LogP contribution in [0.25, 0.3) is 0 Å². The number of nitrogen functional groups attached to an aromatic ring is 1. The predicted molar refractivity (Wildman–Crippen MR) is 74.0 cm³/mol. The van der Waals surface area contributed by atoms with Crippen molar-refractivity contribution in [2.45, 2.75) is 38.6 Å². The first-order chi connectivity index (χ1) is 9.06. The Hall–Kier alpha value is -1.62. The zero-order chi connectivity index (χ0) is 13.8. The summed E-state index contributed by atoms with van der Waals surface area (Å²) in [6, 6.07) is 3.52. The molecule has 2 heterocycles. The van der Waals surface area contributed by atoms with Crippen LogP contribution in [0.15, 0.2) is 12.1 Å². The van der Waals surface area contributed by atoms with Crippen molar-refractivity contribution < 1.29 is 9.53 Å². The van der Waals surface area contributed by atoms with Crippen LogP contribution in [0.3, 0.4) is 0 Å². The number of nitrogens with two attached hydrogens (primary N) is 1. The first-order valence-electron chi connectivity index (χ1n) is 6.72. The SMILES string of the molecule is CC(C)c1cc(C(=O)NC2CCCOC2)cc(N)n1. The standard InChI is InChI=1S/C14H21N3O2/c1-9(2)12-6-10(7-13(15)17-12)14(18)16-11-4-3-5-19-8-11/h6-7,9,11H,3-5,8H2,1-2H3,(H2,15,17)(H,16,18). The van der Waals surface area contributed by atoms with Gasteiger partial charge >= 0.3 is 0 Å². The molecule has 0 spiro atoms. The minimum Gasteiger partial charge on any atom is -0.384 e. The lowest BCUT2D eigenvalue weighted by Crippen LogP contribution is -2.40. The molecule has 5 heteroatoms. The van der Waals surface area contributed by atoms with E-state index in [2.05, 4.69) is 10.3 Å². The molecule has 1 unspecified atom stereocenters. The highest BCUT2D eigenvalue weighted by Gasteiger charge is 2.18. The third-order valence-corrected chi connectivity index (χ3v) is 3.21. The van der Waals surface area contributed by atoms with Gasteiger partial charge in [-0.3, -0.25) is 4.79 Å². The summed E-state index contributed by atoms with van der Waals surface area (Å²) in [4.78, 5) is 16.4. The van der Waals surface area contributed by atoms with Crippen molar-refractivity contribution in [2.75, 3.05) is 18.9 Å². The third-order valence-electron chi connectivity index (χ3n) is 3.21. The second-order valence-electron chi connectivity index (χ2n) is 5.25. The maximum atomic E-state index is 12.2. The maximum absolute atomic E-state index is 12.2. The van der Waals surface area contributed by atoms with Gasteiger partial charge in [0.15, 0.2) is 0 Å². The number of nitrogens with zero attached hydrogens (tertiary/aromatic N) is 1. The average molecular weight is 263 g/mol. The quantitative estimate of drug-likeness (QED) is 0.870. The fraction of sp³-hybridized carbons (Fsp3) is 0.571. The Balaban J connectivity index is 2.09. The van der Waals surface area contributed by atoms with Crippen LogP contribution < -0.4 is 11.1 Å². The Morgan fingerprint density at radius 1 is 1.53 bits per heavy atom. The van der Waals surface area contributed by atoms with Crippen LogP contribution in [-0.2, 0) is 4.74 Å². The van der Waals surface area contributed by atoms with Crippen molar-refractivity contribution in [1.82, 2.24) is 10.3 Å². The van der Waals surface area contributed by atoms with Gasteiger partial charge in [-0.2, -0.15) is 0 Å². The molecule has 5 nitrogen and oxygen atoms in total. The summed E-state index contributed by atoms with van der Waals surface area (Å²) in [6.45, 7) is 5.42. The lowest BCUT2D eigenvalue weighted by molar-refractivity contribution is 0.0624. The molecule has 2 rings (SSSR count). The Labute approximate surface area is 113 Å². The third kappa shape index (κ3) is 3.67. The number of ether oxygens (including phenoxy) is 1. The molecular formula is C14H21N3O2. The van der Waals surface area contributed by atoms with Gasteiger partial charge < -0.3 is 15.8 Å². The Kier molecular flexibility index (Phi) is 4.37. The molecular weight excluding hydrogens is 242 g/mol. The first-order valence-corrected chi connectivity index (χ1v) is 6.72. The smallest absolute Gasteiger partial charge is 0.251 e. The van der Waals surface area contributed by atoms with Crippen molar-refractivity contribution in [3.05, 3.63) is 23.4 Å². The fourth-order valence-corrected chi connectivity index (χ4v) is 2.12. The molecule has 0 bridgehead atoms. The Morgan fingerprint density at radius 2 is 2.32 bits per heavy atom. The van der Waals surface area contributed by atoms with E-state index >= 15 is 0 Å². The van der Waals surface area contributed by atoms with Crippen LogP contribution in [0.4, 0.5) is 5.82 Å². The summed E-state index contributed by atoms with van der Waals surface area (Å²) in [6.07, 6.45) is 1.95. The van der Waals surface area contributed by atoms with Crippen LogP contribution >= 0.6 is 0 Å². The van der Waals surface area contributed by atoms with Crippen molar-refractivity contribution >= 4 is 11.7 Å². The summed E-state index contributed by atoms with van der Waals surface area (Å²) in [5.74, 6) is 0.524. The number of rotatable bonds is 3. The zero-order valence-corrected chi connectivity index (χ0v) is 11.5. The van der Waals surface area contributed by atoms with Gasteiger partial charge in [0.05, 0.1) is 12.6 Å². The van der Waals surface area contributed by atoms with E-state index < -0.39 is 0 Å². The highest BCUT2D eigenvalue weighted by molar-refractivity contribution is 5.95. The van der Waals surface area contributed by atoms with Crippen LogP contribution in [0.2, 0.25) is 0 Å². The van der Waals surface area contributed by atoms with Gasteiger partial charge in [-0.25, -0.2) is 4.98 Å². The molecule has 1 aliphatic rings. The molecule has 0 aromatic carbocycles. The molecule has 1 aromatic heterocycles. The van der Waals surface area contributed by atoms with Gasteiger partial charge in [0, 0.05) is 17.9 Å². The molecule has 1 aromatic rings. The van der Waals surface area contributed by atoms with Crippen LogP contribution in [-0.4, -0.2) is 30.1 Å². The Morgan fingerprint density at radius 3 is 2.95 bits per heavy atom. The van der Waals surface area contributed by atoms with Gasteiger partial charge in [0.2, 0.25) is 0 Å². The molecule has 104 valence electrons. The minimum absolute atomic E-state index is 0.0955. The summed E-state index contributed by atoms with van der Waals surface area (Å²) in [5.41, 5.74) is 7.16. The molecule has 3 N–H and O–H groups in total. The summed E-state index contributed by atoms with van der Waals surface area (Å²) in [7, 11) is 0. The van der Waals surface area contributed by atoms with Gasteiger partial charge in [-0.1, -0.05) is 13.8 Å². The monoisotopic (exact) mass is 263 g/mol. The van der Waals surface area contributed by atoms with Crippen LogP contribution in [0.1, 0.15) is 48.7 Å². The predicted octanol–water partition coefficient (Wildman–Crippen LogP) is 1.70. The van der Waals surface area contributed by atoms with Crippen molar-refractivity contribution in [2.24, 2.45) is 0 Å². The highest BCUT2D eigenvalue weighted by atomic mass is 16.5. The van der Waals surface area contributed by atoms with Gasteiger partial charge in [-0.05, 0) is 30.9 Å². The van der Waals surface area contributed by atoms with E-state index in [1.54, 1.807) is 12.1 Å². The number of amides is 1. The van der Waals surface area contributed by atoms with E-state index in [1.165, 1.54) is 0 Å². The van der Waals surface area contributed by atoms with Crippen molar-refractivity contribution in [3.8, 4) is 0 Å². The van der Waals surface area contributed by atoms with E-state index in [0.717, 1.165) is 25.1 Å². The number of nitrogens with one attached hydrogen (secondary N) is 1. The molecule has 0 saturated carbocycles. The van der Waals surface area contributed by atoms with Gasteiger partial charge in [-0.15, -0.1) is 0 Å². The molecule has 19 heavy (non-hydrogen) atoms. The van der Waals surface area contributed by atoms with E-state index in [-0.39, 0.29) is 17.9 Å². The van der Waals surface area contributed by atoms with Gasteiger partial charge in [0.25, 0.3) is 5.91 Å². The van der Waals surface area contributed by atoms with E-state index in [1.807, 2.05) is 13.8 Å². The van der Waals surface area contributed by atoms with Crippen LogP contribution in [0, 0.1) is 0 Å². The molecule has 1 aliphatic heterocycles. The number of carbonyl (C=O) groups is 1. The average Bonchev–Trinajstić information content (AvgIpc) is 2.39. The maximum Gasteiger partial charge on any atom is 0.251 e. The summed E-state index contributed by atoms with van der Waals surface area (Å²) >= 11 is 0. The number of hydrogen-bond donors (Lipinski definition) is 2. The van der Waals surface area contributed by atoms with E-state index in [9.17, 15) is 4.79 Å². The molecule has 0 radical (unpaired) electrons. The molecule has 1 fully saturated rings. The normalized spacial score (nSPS) is 19.4. The summed E-state index contributed by atoms with van der Waals surface area (Å²) in [5, 5.41) is 2.98. The topological polar surface area (TPSA) is 77.2 Å². The molecule has 1 saturated heterocycles. The number of hydrogen-bond acceptors (Lipinski definition) is 4. The number of pyridine rings is 1. The van der Waals surface area contributed by atoms with E-state index in [0.29, 0.717) is 18.0 Å². The molecule has 0 aliphatic carbocycles. The zero-order valence-electron chi connectivity index (χ0n) is 11.5. The van der Waals surface area contributed by atoms with E-state index in [4.69, 9.17) is 10.5 Å². The second-order valence-corrected chi connectivity index (χ2v) is 5.25. The molecule has 1 amide bonds. The second kappa shape index (κ2) is 6.02. The fourth-order valence-electron chi connectivity index (χ4n) is 2.12. The highest BCUT2D eigenvalue weighted by Crippen LogP contribution is 2.16. The number of carbonyl (C=O) groups excluding carboxylic acids is 1. The van der Waals surface area contributed by atoms with Crippen molar-refractivity contribution in [1.29, 1.82) is 0 Å². The number of aromatic nitrogens is 1. The lowest BCUT2D eigenvalue weighted by Gasteiger charge is -2.23. The summed E-state index contributed by atoms with van der Waals surface area (Å²) < 4.78 is 5.35. The Bertz CT molecular complexity index is 454. The first kappa shape index (κ1) is 13.8. The lowest BCUT2D eigenvalue weighted by atomic mass is 10.1. The molecule has 1 atom stereocenters. The largest absolute Gasteiger partial charge is 0.384 e. The van der Waals surface area contributed by atoms with Crippen LogP contribution in [0.5, 0.6) is 0 Å². The van der Waals surface area contributed by atoms with Gasteiger partial charge in [0.1, 0.15) is 5.82 Å². The number of anilines is 1. The van der Waals surface area contributed by atoms with Crippen molar-refractivity contribution in [3.63, 3.8) is 0 Å².